The molecule has 1 aromatic rings. The number of methoxy groups -OCH3 is 2. The summed E-state index contributed by atoms with van der Waals surface area (Å²) in [7, 11) is 3.26. The fourth-order valence-corrected chi connectivity index (χ4v) is 2.51. The highest BCUT2D eigenvalue weighted by Gasteiger charge is 2.26. The SMILES string of the molecule is COc1ccc(C(C)(C)CCO)c(OC)c1Br. The average Bonchev–Trinajstić information content (AvgIpc) is 2.28. The van der Waals surface area contributed by atoms with Crippen molar-refractivity contribution >= 4 is 15.9 Å². The third kappa shape index (κ3) is 2.93. The van der Waals surface area contributed by atoms with Gasteiger partial charge in [0.05, 0.1) is 14.2 Å². The van der Waals surface area contributed by atoms with Crippen molar-refractivity contribution in [1.29, 1.82) is 0 Å². The summed E-state index contributed by atoms with van der Waals surface area (Å²) >= 11 is 3.48. The average molecular weight is 303 g/mol. The van der Waals surface area contributed by atoms with Gasteiger partial charge in [-0.05, 0) is 33.8 Å². The Kier molecular flexibility index (Phi) is 4.83. The van der Waals surface area contributed by atoms with Crippen LogP contribution in [0.5, 0.6) is 11.5 Å². The van der Waals surface area contributed by atoms with Crippen LogP contribution >= 0.6 is 15.9 Å². The van der Waals surface area contributed by atoms with Crippen LogP contribution in [-0.2, 0) is 5.41 Å². The molecule has 3 nitrogen and oxygen atoms in total. The summed E-state index contributed by atoms with van der Waals surface area (Å²) in [5.74, 6) is 1.51. The van der Waals surface area contributed by atoms with E-state index in [4.69, 9.17) is 14.6 Å². The molecule has 0 unspecified atom stereocenters. The van der Waals surface area contributed by atoms with Crippen LogP contribution in [0.15, 0.2) is 16.6 Å². The Bertz CT molecular complexity index is 388. The molecule has 0 saturated carbocycles. The molecule has 0 aliphatic rings. The minimum atomic E-state index is -0.144. The maximum atomic E-state index is 9.12. The van der Waals surface area contributed by atoms with Gasteiger partial charge in [-0.15, -0.1) is 0 Å². The number of ether oxygens (including phenoxy) is 2. The lowest BCUT2D eigenvalue weighted by molar-refractivity contribution is 0.249. The van der Waals surface area contributed by atoms with E-state index in [1.807, 2.05) is 12.1 Å². The van der Waals surface area contributed by atoms with E-state index in [0.717, 1.165) is 21.5 Å². The van der Waals surface area contributed by atoms with Crippen LogP contribution < -0.4 is 9.47 Å². The standard InChI is InChI=1S/C13H19BrO3/c1-13(2,7-8-15)9-5-6-10(16-3)11(14)12(9)17-4/h5-6,15H,7-8H2,1-4H3. The molecule has 4 heteroatoms. The van der Waals surface area contributed by atoms with E-state index in [2.05, 4.69) is 29.8 Å². The zero-order chi connectivity index (χ0) is 13.1. The van der Waals surface area contributed by atoms with Gasteiger partial charge in [0.15, 0.2) is 0 Å². The molecule has 0 heterocycles. The highest BCUT2D eigenvalue weighted by Crippen LogP contribution is 2.43. The maximum absolute atomic E-state index is 9.12. The van der Waals surface area contributed by atoms with Crippen molar-refractivity contribution in [3.8, 4) is 11.5 Å². The van der Waals surface area contributed by atoms with E-state index >= 15 is 0 Å². The molecule has 0 bridgehead atoms. The molecule has 0 spiro atoms. The van der Waals surface area contributed by atoms with Gasteiger partial charge in [0.1, 0.15) is 16.0 Å². The second-order valence-electron chi connectivity index (χ2n) is 4.52. The lowest BCUT2D eigenvalue weighted by atomic mass is 9.81. The summed E-state index contributed by atoms with van der Waals surface area (Å²) in [5.41, 5.74) is 0.913. The summed E-state index contributed by atoms with van der Waals surface area (Å²) in [4.78, 5) is 0. The summed E-state index contributed by atoms with van der Waals surface area (Å²) < 4.78 is 11.5. The van der Waals surface area contributed by atoms with E-state index in [9.17, 15) is 0 Å². The van der Waals surface area contributed by atoms with Crippen LogP contribution in [0, 0.1) is 0 Å². The highest BCUT2D eigenvalue weighted by atomic mass is 79.9. The summed E-state index contributed by atoms with van der Waals surface area (Å²) in [6.07, 6.45) is 0.683. The fraction of sp³-hybridized carbons (Fsp3) is 0.538. The van der Waals surface area contributed by atoms with Crippen molar-refractivity contribution < 1.29 is 14.6 Å². The minimum absolute atomic E-state index is 0.144. The second kappa shape index (κ2) is 5.74. The van der Waals surface area contributed by atoms with E-state index in [0.29, 0.717) is 6.42 Å². The molecule has 17 heavy (non-hydrogen) atoms. The minimum Gasteiger partial charge on any atom is -0.495 e. The molecule has 0 saturated heterocycles. The number of hydrogen-bond donors (Lipinski definition) is 1. The zero-order valence-electron chi connectivity index (χ0n) is 10.7. The molecule has 0 aliphatic carbocycles. The van der Waals surface area contributed by atoms with Crippen molar-refractivity contribution in [2.24, 2.45) is 0 Å². The van der Waals surface area contributed by atoms with Gasteiger partial charge in [0.2, 0.25) is 0 Å². The van der Waals surface area contributed by atoms with E-state index in [1.54, 1.807) is 14.2 Å². The molecule has 0 fully saturated rings. The van der Waals surface area contributed by atoms with Crippen molar-refractivity contribution in [2.75, 3.05) is 20.8 Å². The van der Waals surface area contributed by atoms with Crippen LogP contribution in [0.3, 0.4) is 0 Å². The molecular formula is C13H19BrO3. The Balaban J connectivity index is 3.30. The van der Waals surface area contributed by atoms with Crippen molar-refractivity contribution in [1.82, 2.24) is 0 Å². The Labute approximate surface area is 111 Å². The quantitative estimate of drug-likeness (QED) is 0.908. The van der Waals surface area contributed by atoms with Gasteiger partial charge in [0.25, 0.3) is 0 Å². The first-order valence-corrected chi connectivity index (χ1v) is 6.29. The van der Waals surface area contributed by atoms with E-state index in [-0.39, 0.29) is 12.0 Å². The molecule has 1 aromatic carbocycles. The van der Waals surface area contributed by atoms with Crippen molar-refractivity contribution in [3.63, 3.8) is 0 Å². The van der Waals surface area contributed by atoms with Crippen LogP contribution in [0.2, 0.25) is 0 Å². The topological polar surface area (TPSA) is 38.7 Å². The third-order valence-corrected chi connectivity index (χ3v) is 3.70. The number of aliphatic hydroxyl groups excluding tert-OH is 1. The Hall–Kier alpha value is -0.740. The highest BCUT2D eigenvalue weighted by molar-refractivity contribution is 9.10. The lowest BCUT2D eigenvalue weighted by Gasteiger charge is -2.27. The third-order valence-electron chi connectivity index (χ3n) is 2.95. The summed E-state index contributed by atoms with van der Waals surface area (Å²) in [5, 5.41) is 9.12. The van der Waals surface area contributed by atoms with Crippen LogP contribution in [-0.4, -0.2) is 25.9 Å². The van der Waals surface area contributed by atoms with Crippen molar-refractivity contribution in [2.45, 2.75) is 25.7 Å². The predicted molar refractivity (Wildman–Crippen MR) is 72.0 cm³/mol. The van der Waals surface area contributed by atoms with Gasteiger partial charge >= 0.3 is 0 Å². The first-order chi connectivity index (χ1) is 7.97. The Morgan fingerprint density at radius 2 is 1.88 bits per heavy atom. The van der Waals surface area contributed by atoms with Gasteiger partial charge < -0.3 is 14.6 Å². The normalized spacial score (nSPS) is 11.4. The Morgan fingerprint density at radius 1 is 1.24 bits per heavy atom. The first-order valence-electron chi connectivity index (χ1n) is 5.49. The largest absolute Gasteiger partial charge is 0.495 e. The zero-order valence-corrected chi connectivity index (χ0v) is 12.3. The summed E-state index contributed by atoms with van der Waals surface area (Å²) in [6, 6.07) is 3.89. The Morgan fingerprint density at radius 3 is 2.35 bits per heavy atom. The molecule has 96 valence electrons. The van der Waals surface area contributed by atoms with Gasteiger partial charge in [-0.25, -0.2) is 0 Å². The molecule has 0 aliphatic heterocycles. The lowest BCUT2D eigenvalue weighted by Crippen LogP contribution is -2.20. The number of benzene rings is 1. The molecule has 0 amide bonds. The number of halogens is 1. The van der Waals surface area contributed by atoms with Crippen LogP contribution in [0.25, 0.3) is 0 Å². The summed E-state index contributed by atoms with van der Waals surface area (Å²) in [6.45, 7) is 4.32. The van der Waals surface area contributed by atoms with Crippen LogP contribution in [0.4, 0.5) is 0 Å². The number of rotatable bonds is 5. The van der Waals surface area contributed by atoms with Gasteiger partial charge in [-0.2, -0.15) is 0 Å². The first kappa shape index (κ1) is 14.3. The van der Waals surface area contributed by atoms with E-state index in [1.165, 1.54) is 0 Å². The molecule has 1 rings (SSSR count). The fourth-order valence-electron chi connectivity index (χ4n) is 1.84. The van der Waals surface area contributed by atoms with Crippen molar-refractivity contribution in [3.05, 3.63) is 22.2 Å². The maximum Gasteiger partial charge on any atom is 0.140 e. The number of aliphatic hydroxyl groups is 1. The number of hydrogen-bond acceptors (Lipinski definition) is 3. The smallest absolute Gasteiger partial charge is 0.140 e. The van der Waals surface area contributed by atoms with Crippen LogP contribution in [0.1, 0.15) is 25.8 Å². The predicted octanol–water partition coefficient (Wildman–Crippen LogP) is 3.13. The van der Waals surface area contributed by atoms with Gasteiger partial charge in [-0.3, -0.25) is 0 Å². The molecule has 1 N–H and O–H groups in total. The van der Waals surface area contributed by atoms with Gasteiger partial charge in [-0.1, -0.05) is 19.9 Å². The molecule has 0 radical (unpaired) electrons. The molecule has 0 atom stereocenters. The second-order valence-corrected chi connectivity index (χ2v) is 5.31. The van der Waals surface area contributed by atoms with E-state index < -0.39 is 0 Å². The molecule has 0 aromatic heterocycles. The van der Waals surface area contributed by atoms with Gasteiger partial charge in [0, 0.05) is 12.2 Å². The molecular weight excluding hydrogens is 284 g/mol. The monoisotopic (exact) mass is 302 g/mol.